The highest BCUT2D eigenvalue weighted by atomic mass is 32.2. The Morgan fingerprint density at radius 2 is 1.78 bits per heavy atom. The molecule has 0 atom stereocenters. The summed E-state index contributed by atoms with van der Waals surface area (Å²) >= 11 is 3.02. The molecule has 0 radical (unpaired) electrons. The third-order valence-corrected chi connectivity index (χ3v) is 5.93. The van der Waals surface area contributed by atoms with Crippen molar-refractivity contribution >= 4 is 34.7 Å². The highest BCUT2D eigenvalue weighted by molar-refractivity contribution is 7.98. The van der Waals surface area contributed by atoms with Crippen LogP contribution in [0.1, 0.15) is 15.4 Å². The standard InChI is InChI=1S/C20H20N2O3S2/c1-12-18(19(23)22-14-6-8-15(26-4)9-7-14)27-20(21-12)13-5-10-16(24-2)17(11-13)25-3/h5-11H,1-4H3,(H,22,23). The van der Waals surface area contributed by atoms with Gasteiger partial charge in [0.25, 0.3) is 5.91 Å². The molecule has 0 aliphatic heterocycles. The minimum Gasteiger partial charge on any atom is -0.493 e. The average molecular weight is 401 g/mol. The minimum atomic E-state index is -0.159. The number of nitrogens with zero attached hydrogens (tertiary/aromatic N) is 1. The quantitative estimate of drug-likeness (QED) is 0.583. The smallest absolute Gasteiger partial charge is 0.267 e. The van der Waals surface area contributed by atoms with Gasteiger partial charge in [-0.25, -0.2) is 4.98 Å². The third kappa shape index (κ3) is 4.26. The Kier molecular flexibility index (Phi) is 6.03. The third-order valence-electron chi connectivity index (χ3n) is 3.98. The Hall–Kier alpha value is -2.51. The molecule has 1 heterocycles. The molecule has 0 aliphatic rings. The van der Waals surface area contributed by atoms with Crippen LogP contribution in [0.15, 0.2) is 47.4 Å². The van der Waals surface area contributed by atoms with Gasteiger partial charge >= 0.3 is 0 Å². The highest BCUT2D eigenvalue weighted by Crippen LogP contribution is 2.35. The fourth-order valence-corrected chi connectivity index (χ4v) is 3.93. The molecule has 7 heteroatoms. The van der Waals surface area contributed by atoms with E-state index in [1.807, 2.05) is 55.6 Å². The van der Waals surface area contributed by atoms with E-state index in [1.165, 1.54) is 11.3 Å². The van der Waals surface area contributed by atoms with Crippen molar-refractivity contribution in [1.29, 1.82) is 0 Å². The Morgan fingerprint density at radius 1 is 1.07 bits per heavy atom. The molecule has 0 spiro atoms. The molecule has 1 amide bonds. The summed E-state index contributed by atoms with van der Waals surface area (Å²) in [4.78, 5) is 19.0. The zero-order valence-corrected chi connectivity index (χ0v) is 17.2. The van der Waals surface area contributed by atoms with Crippen LogP contribution in [0.25, 0.3) is 10.6 Å². The maximum absolute atomic E-state index is 12.7. The summed E-state index contributed by atoms with van der Waals surface area (Å²) in [6, 6.07) is 13.4. The lowest BCUT2D eigenvalue weighted by Crippen LogP contribution is -2.11. The summed E-state index contributed by atoms with van der Waals surface area (Å²) < 4.78 is 10.6. The van der Waals surface area contributed by atoms with Gasteiger partial charge in [-0.3, -0.25) is 4.79 Å². The Bertz CT molecular complexity index is 952. The lowest BCUT2D eigenvalue weighted by Gasteiger charge is -2.08. The molecule has 1 N–H and O–H groups in total. The van der Waals surface area contributed by atoms with Crippen molar-refractivity contribution in [3.63, 3.8) is 0 Å². The number of thioether (sulfide) groups is 1. The summed E-state index contributed by atoms with van der Waals surface area (Å²) in [6.07, 6.45) is 2.02. The molecular weight excluding hydrogens is 380 g/mol. The maximum Gasteiger partial charge on any atom is 0.267 e. The lowest BCUT2D eigenvalue weighted by molar-refractivity contribution is 0.103. The molecule has 3 rings (SSSR count). The van der Waals surface area contributed by atoms with Gasteiger partial charge in [-0.05, 0) is 55.6 Å². The van der Waals surface area contributed by atoms with Gasteiger partial charge in [0.15, 0.2) is 11.5 Å². The molecule has 27 heavy (non-hydrogen) atoms. The van der Waals surface area contributed by atoms with Crippen LogP contribution in [-0.2, 0) is 0 Å². The fraction of sp³-hybridized carbons (Fsp3) is 0.200. The van der Waals surface area contributed by atoms with Crippen LogP contribution in [0.3, 0.4) is 0 Å². The van der Waals surface area contributed by atoms with Crippen molar-refractivity contribution in [1.82, 2.24) is 4.98 Å². The first kappa shape index (κ1) is 19.3. The summed E-state index contributed by atoms with van der Waals surface area (Å²) in [5.74, 6) is 1.12. The van der Waals surface area contributed by atoms with Crippen LogP contribution < -0.4 is 14.8 Å². The number of benzene rings is 2. The number of ether oxygens (including phenoxy) is 2. The molecule has 140 valence electrons. The van der Waals surface area contributed by atoms with E-state index in [9.17, 15) is 4.79 Å². The number of rotatable bonds is 6. The van der Waals surface area contributed by atoms with Crippen molar-refractivity contribution < 1.29 is 14.3 Å². The number of aryl methyl sites for hydroxylation is 1. The topological polar surface area (TPSA) is 60.5 Å². The van der Waals surface area contributed by atoms with Gasteiger partial charge in [0.2, 0.25) is 0 Å². The molecule has 0 saturated heterocycles. The molecule has 0 unspecified atom stereocenters. The number of anilines is 1. The summed E-state index contributed by atoms with van der Waals surface area (Å²) in [7, 11) is 3.19. The fourth-order valence-electron chi connectivity index (χ4n) is 2.56. The van der Waals surface area contributed by atoms with E-state index < -0.39 is 0 Å². The van der Waals surface area contributed by atoms with E-state index in [-0.39, 0.29) is 5.91 Å². The van der Waals surface area contributed by atoms with Crippen molar-refractivity contribution in [2.45, 2.75) is 11.8 Å². The number of hydrogen-bond donors (Lipinski definition) is 1. The summed E-state index contributed by atoms with van der Waals surface area (Å²) in [5.41, 5.74) is 2.34. The number of thiazole rings is 1. The van der Waals surface area contributed by atoms with E-state index in [0.29, 0.717) is 22.1 Å². The maximum atomic E-state index is 12.7. The van der Waals surface area contributed by atoms with Gasteiger partial charge in [-0.2, -0.15) is 0 Å². The first-order valence-corrected chi connectivity index (χ1v) is 10.2. The Balaban J connectivity index is 1.84. The van der Waals surface area contributed by atoms with E-state index >= 15 is 0 Å². The van der Waals surface area contributed by atoms with Crippen LogP contribution >= 0.6 is 23.1 Å². The highest BCUT2D eigenvalue weighted by Gasteiger charge is 2.17. The SMILES string of the molecule is COc1ccc(-c2nc(C)c(C(=O)Nc3ccc(SC)cc3)s2)cc1OC. The van der Waals surface area contributed by atoms with Gasteiger partial charge in [0, 0.05) is 16.1 Å². The van der Waals surface area contributed by atoms with Gasteiger partial charge in [-0.1, -0.05) is 0 Å². The van der Waals surface area contributed by atoms with E-state index in [4.69, 9.17) is 9.47 Å². The van der Waals surface area contributed by atoms with Crippen LogP contribution in [0.2, 0.25) is 0 Å². The van der Waals surface area contributed by atoms with Gasteiger partial charge in [-0.15, -0.1) is 23.1 Å². The molecule has 5 nitrogen and oxygen atoms in total. The van der Waals surface area contributed by atoms with Crippen LogP contribution in [-0.4, -0.2) is 31.4 Å². The van der Waals surface area contributed by atoms with Crippen LogP contribution in [0.5, 0.6) is 11.5 Å². The molecule has 0 fully saturated rings. The Morgan fingerprint density at radius 3 is 2.41 bits per heavy atom. The number of methoxy groups -OCH3 is 2. The van der Waals surface area contributed by atoms with Crippen LogP contribution in [0, 0.1) is 6.92 Å². The second-order valence-electron chi connectivity index (χ2n) is 5.69. The molecule has 0 saturated carbocycles. The molecule has 0 bridgehead atoms. The van der Waals surface area contributed by atoms with Gasteiger partial charge in [0.1, 0.15) is 9.88 Å². The molecule has 2 aromatic carbocycles. The second-order valence-corrected chi connectivity index (χ2v) is 7.56. The number of aromatic nitrogens is 1. The number of nitrogens with one attached hydrogen (secondary N) is 1. The largest absolute Gasteiger partial charge is 0.493 e. The summed E-state index contributed by atoms with van der Waals surface area (Å²) in [6.45, 7) is 1.84. The van der Waals surface area contributed by atoms with Gasteiger partial charge < -0.3 is 14.8 Å². The second kappa shape index (κ2) is 8.45. The van der Waals surface area contributed by atoms with Crippen molar-refractivity contribution in [3.05, 3.63) is 53.0 Å². The average Bonchev–Trinajstić information content (AvgIpc) is 3.09. The first-order chi connectivity index (χ1) is 13.0. The normalized spacial score (nSPS) is 10.5. The molecule has 1 aromatic heterocycles. The minimum absolute atomic E-state index is 0.159. The molecular formula is C20H20N2O3S2. The number of carbonyl (C=O) groups excluding carboxylic acids is 1. The number of carbonyl (C=O) groups is 1. The Labute approximate surface area is 166 Å². The predicted molar refractivity (Wildman–Crippen MR) is 112 cm³/mol. The molecule has 3 aromatic rings. The van der Waals surface area contributed by atoms with E-state index in [0.717, 1.165) is 21.2 Å². The monoisotopic (exact) mass is 400 g/mol. The number of amides is 1. The van der Waals surface area contributed by atoms with Crippen molar-refractivity contribution in [2.24, 2.45) is 0 Å². The van der Waals surface area contributed by atoms with Crippen molar-refractivity contribution in [2.75, 3.05) is 25.8 Å². The summed E-state index contributed by atoms with van der Waals surface area (Å²) in [5, 5.41) is 3.69. The molecule has 0 aliphatic carbocycles. The van der Waals surface area contributed by atoms with Gasteiger partial charge in [0.05, 0.1) is 19.9 Å². The zero-order chi connectivity index (χ0) is 19.4. The van der Waals surface area contributed by atoms with E-state index in [2.05, 4.69) is 10.3 Å². The predicted octanol–water partition coefficient (Wildman–Crippen LogP) is 5.11. The lowest BCUT2D eigenvalue weighted by atomic mass is 10.2. The van der Waals surface area contributed by atoms with E-state index in [1.54, 1.807) is 26.0 Å². The van der Waals surface area contributed by atoms with Crippen LogP contribution in [0.4, 0.5) is 5.69 Å². The first-order valence-electron chi connectivity index (χ1n) is 8.21. The van der Waals surface area contributed by atoms with Crippen molar-refractivity contribution in [3.8, 4) is 22.1 Å². The number of hydrogen-bond acceptors (Lipinski definition) is 6. The zero-order valence-electron chi connectivity index (χ0n) is 15.5.